The highest BCUT2D eigenvalue weighted by Gasteiger charge is 2.20. The molecule has 0 heterocycles. The van der Waals surface area contributed by atoms with Crippen LogP contribution >= 0.6 is 11.6 Å². The molecule has 0 fully saturated rings. The van der Waals surface area contributed by atoms with Crippen LogP contribution in [-0.4, -0.2) is 46.0 Å². The van der Waals surface area contributed by atoms with E-state index in [1.54, 1.807) is 14.0 Å². The van der Waals surface area contributed by atoms with E-state index in [1.807, 2.05) is 6.92 Å². The quantitative estimate of drug-likeness (QED) is 0.796. The Balaban J connectivity index is 3.11. The van der Waals surface area contributed by atoms with Gasteiger partial charge in [-0.05, 0) is 31.5 Å². The third-order valence-corrected chi connectivity index (χ3v) is 4.28. The normalized spacial score (nSPS) is 11.5. The summed E-state index contributed by atoms with van der Waals surface area (Å²) in [5.41, 5.74) is 0.725. The fourth-order valence-electron chi connectivity index (χ4n) is 1.69. The van der Waals surface area contributed by atoms with Gasteiger partial charge in [0, 0.05) is 30.8 Å². The highest BCUT2D eigenvalue weighted by Crippen LogP contribution is 2.24. The first-order valence-electron chi connectivity index (χ1n) is 6.34. The highest BCUT2D eigenvalue weighted by molar-refractivity contribution is 7.89. The molecule has 118 valence electrons. The second kappa shape index (κ2) is 7.22. The molecular weight excluding hydrogens is 316 g/mol. The minimum absolute atomic E-state index is 0.181. The molecule has 0 spiro atoms. The summed E-state index contributed by atoms with van der Waals surface area (Å²) in [5.74, 6) is -0.334. The third kappa shape index (κ3) is 4.67. The summed E-state index contributed by atoms with van der Waals surface area (Å²) in [6, 6.07) is 2.49. The highest BCUT2D eigenvalue weighted by atomic mass is 35.5. The van der Waals surface area contributed by atoms with Crippen LogP contribution in [0.15, 0.2) is 17.0 Å². The van der Waals surface area contributed by atoms with Gasteiger partial charge in [-0.3, -0.25) is 4.79 Å². The number of carbonyl (C=O) groups excluding carboxylic acids is 1. The molecule has 1 aromatic carbocycles. The van der Waals surface area contributed by atoms with Crippen LogP contribution in [0.1, 0.15) is 22.8 Å². The molecule has 0 aliphatic carbocycles. The van der Waals surface area contributed by atoms with E-state index < -0.39 is 10.0 Å². The second-order valence-electron chi connectivity index (χ2n) is 4.55. The lowest BCUT2D eigenvalue weighted by Crippen LogP contribution is -2.31. The van der Waals surface area contributed by atoms with Crippen LogP contribution in [0.5, 0.6) is 0 Å². The van der Waals surface area contributed by atoms with Crippen molar-refractivity contribution in [2.75, 3.05) is 26.8 Å². The molecule has 6 nitrogen and oxygen atoms in total. The third-order valence-electron chi connectivity index (χ3n) is 3.00. The predicted molar refractivity (Wildman–Crippen MR) is 81.0 cm³/mol. The van der Waals surface area contributed by atoms with Crippen LogP contribution in [0.4, 0.5) is 0 Å². The van der Waals surface area contributed by atoms with Crippen molar-refractivity contribution >= 4 is 27.5 Å². The number of benzene rings is 1. The van der Waals surface area contributed by atoms with Crippen molar-refractivity contribution in [3.8, 4) is 0 Å². The van der Waals surface area contributed by atoms with Gasteiger partial charge < -0.3 is 9.64 Å². The van der Waals surface area contributed by atoms with E-state index in [1.165, 1.54) is 17.0 Å². The number of primary sulfonamides is 1. The topological polar surface area (TPSA) is 89.7 Å². The summed E-state index contributed by atoms with van der Waals surface area (Å²) in [4.78, 5) is 13.6. The Morgan fingerprint density at radius 2 is 2.05 bits per heavy atom. The number of likely N-dealkylation sites (N-methyl/N-ethyl adjacent to an activating group) is 1. The van der Waals surface area contributed by atoms with Crippen molar-refractivity contribution in [3.05, 3.63) is 28.3 Å². The van der Waals surface area contributed by atoms with Gasteiger partial charge in [-0.25, -0.2) is 13.6 Å². The molecule has 0 saturated heterocycles. The molecule has 1 aromatic rings. The van der Waals surface area contributed by atoms with Crippen molar-refractivity contribution in [2.24, 2.45) is 5.14 Å². The summed E-state index contributed by atoms with van der Waals surface area (Å²) >= 11 is 5.99. The van der Waals surface area contributed by atoms with Gasteiger partial charge in [0.05, 0.1) is 11.5 Å². The largest absolute Gasteiger partial charge is 0.380 e. The molecule has 1 rings (SSSR count). The first-order valence-corrected chi connectivity index (χ1v) is 8.27. The number of hydrogen-bond donors (Lipinski definition) is 1. The monoisotopic (exact) mass is 334 g/mol. The minimum atomic E-state index is -3.92. The number of amides is 1. The summed E-state index contributed by atoms with van der Waals surface area (Å²) in [6.07, 6.45) is 0. The zero-order chi connectivity index (χ0) is 16.2. The van der Waals surface area contributed by atoms with E-state index in [-0.39, 0.29) is 21.4 Å². The molecule has 0 unspecified atom stereocenters. The molecule has 2 N–H and O–H groups in total. The molecule has 0 bridgehead atoms. The van der Waals surface area contributed by atoms with E-state index in [0.717, 1.165) is 0 Å². The fraction of sp³-hybridized carbons (Fsp3) is 0.462. The Morgan fingerprint density at radius 1 is 1.43 bits per heavy atom. The zero-order valence-corrected chi connectivity index (χ0v) is 13.8. The van der Waals surface area contributed by atoms with Crippen molar-refractivity contribution in [3.63, 3.8) is 0 Å². The average Bonchev–Trinajstić information content (AvgIpc) is 2.39. The Hall–Kier alpha value is -1.15. The number of sulfonamides is 1. The number of nitrogens with two attached hydrogens (primary N) is 1. The molecule has 0 aliphatic heterocycles. The van der Waals surface area contributed by atoms with Gasteiger partial charge >= 0.3 is 0 Å². The summed E-state index contributed by atoms with van der Waals surface area (Å²) < 4.78 is 28.0. The number of rotatable bonds is 6. The lowest BCUT2D eigenvalue weighted by Gasteiger charge is -2.19. The molecule has 0 aromatic heterocycles. The van der Waals surface area contributed by atoms with E-state index in [9.17, 15) is 13.2 Å². The van der Waals surface area contributed by atoms with Gasteiger partial charge in [0.25, 0.3) is 5.91 Å². The zero-order valence-electron chi connectivity index (χ0n) is 12.2. The summed E-state index contributed by atoms with van der Waals surface area (Å²) in [7, 11) is -2.32. The van der Waals surface area contributed by atoms with Crippen molar-refractivity contribution in [2.45, 2.75) is 18.7 Å². The molecule has 21 heavy (non-hydrogen) atoms. The van der Waals surface area contributed by atoms with Gasteiger partial charge in [-0.1, -0.05) is 11.6 Å². The smallest absolute Gasteiger partial charge is 0.254 e. The number of hydrogen-bond acceptors (Lipinski definition) is 4. The molecular formula is C13H19ClN2O4S. The van der Waals surface area contributed by atoms with Crippen LogP contribution in [0, 0.1) is 6.92 Å². The Labute approximate surface area is 129 Å². The van der Waals surface area contributed by atoms with Crippen LogP contribution in [0.25, 0.3) is 0 Å². The minimum Gasteiger partial charge on any atom is -0.380 e. The van der Waals surface area contributed by atoms with Gasteiger partial charge in [0.15, 0.2) is 0 Å². The van der Waals surface area contributed by atoms with E-state index >= 15 is 0 Å². The van der Waals surface area contributed by atoms with Crippen LogP contribution < -0.4 is 5.14 Å². The fourth-order valence-corrected chi connectivity index (χ4v) is 2.54. The average molecular weight is 335 g/mol. The standard InChI is InChI=1S/C13H19ClN2O4S/c1-4-20-6-5-16(3)13(17)11-7-10(21(15,18)19)8-12(14)9(11)2/h7-8H,4-6H2,1-3H3,(H2,15,18,19). The van der Waals surface area contributed by atoms with Crippen LogP contribution in [0.3, 0.4) is 0 Å². The van der Waals surface area contributed by atoms with E-state index in [0.29, 0.717) is 25.3 Å². The lowest BCUT2D eigenvalue weighted by molar-refractivity contribution is 0.0709. The molecule has 0 aliphatic rings. The van der Waals surface area contributed by atoms with E-state index in [2.05, 4.69) is 0 Å². The SMILES string of the molecule is CCOCCN(C)C(=O)c1cc(S(N)(=O)=O)cc(Cl)c1C. The Bertz CT molecular complexity index is 631. The van der Waals surface area contributed by atoms with Crippen molar-refractivity contribution in [1.29, 1.82) is 0 Å². The second-order valence-corrected chi connectivity index (χ2v) is 6.51. The Kier molecular flexibility index (Phi) is 6.15. The molecule has 0 saturated carbocycles. The van der Waals surface area contributed by atoms with Crippen molar-refractivity contribution < 1.29 is 17.9 Å². The molecule has 8 heteroatoms. The number of nitrogens with zero attached hydrogens (tertiary/aromatic N) is 1. The summed E-state index contributed by atoms with van der Waals surface area (Å²) in [6.45, 7) is 4.87. The summed E-state index contributed by atoms with van der Waals surface area (Å²) in [5, 5.41) is 5.27. The van der Waals surface area contributed by atoms with Gasteiger partial charge in [-0.15, -0.1) is 0 Å². The number of ether oxygens (including phenoxy) is 1. The number of carbonyl (C=O) groups is 1. The predicted octanol–water partition coefficient (Wildman–Crippen LogP) is 1.40. The maximum absolute atomic E-state index is 12.4. The van der Waals surface area contributed by atoms with Gasteiger partial charge in [0.2, 0.25) is 10.0 Å². The molecule has 1 amide bonds. The van der Waals surface area contributed by atoms with Gasteiger partial charge in [0.1, 0.15) is 0 Å². The van der Waals surface area contributed by atoms with Crippen LogP contribution in [-0.2, 0) is 14.8 Å². The first-order chi connectivity index (χ1) is 9.68. The van der Waals surface area contributed by atoms with Gasteiger partial charge in [-0.2, -0.15) is 0 Å². The van der Waals surface area contributed by atoms with Crippen molar-refractivity contribution in [1.82, 2.24) is 4.90 Å². The number of halogens is 1. The molecule has 0 radical (unpaired) electrons. The lowest BCUT2D eigenvalue weighted by atomic mass is 10.1. The molecule has 0 atom stereocenters. The van der Waals surface area contributed by atoms with Crippen LogP contribution in [0.2, 0.25) is 5.02 Å². The Morgan fingerprint density at radius 3 is 2.57 bits per heavy atom. The maximum Gasteiger partial charge on any atom is 0.254 e. The maximum atomic E-state index is 12.4. The first kappa shape index (κ1) is 17.9. The van der Waals surface area contributed by atoms with E-state index in [4.69, 9.17) is 21.5 Å².